The van der Waals surface area contributed by atoms with E-state index in [1.54, 1.807) is 18.3 Å². The number of aromatic nitrogens is 1. The molecule has 1 fully saturated rings. The zero-order valence-electron chi connectivity index (χ0n) is 10.8. The van der Waals surface area contributed by atoms with Crippen molar-refractivity contribution in [3.8, 4) is 0 Å². The number of pyridine rings is 1. The lowest BCUT2D eigenvalue weighted by atomic mass is 10.0. The second-order valence-electron chi connectivity index (χ2n) is 4.53. The van der Waals surface area contributed by atoms with Crippen molar-refractivity contribution in [3.05, 3.63) is 29.6 Å². The predicted molar refractivity (Wildman–Crippen MR) is 75.3 cm³/mol. The first kappa shape index (κ1) is 15.9. The van der Waals surface area contributed by atoms with Crippen molar-refractivity contribution in [2.45, 2.75) is 19.4 Å². The highest BCUT2D eigenvalue weighted by Crippen LogP contribution is 2.12. The smallest absolute Gasteiger partial charge is 0.251 e. The second-order valence-corrected chi connectivity index (χ2v) is 4.53. The molecule has 0 aliphatic carbocycles. The minimum atomic E-state index is -0.0716. The molecule has 2 rings (SSSR count). The van der Waals surface area contributed by atoms with Crippen LogP contribution in [0.15, 0.2) is 18.3 Å². The molecule has 1 aliphatic heterocycles. The van der Waals surface area contributed by atoms with Crippen LogP contribution in [0.5, 0.6) is 0 Å². The molecule has 2 heterocycles. The third-order valence-electron chi connectivity index (χ3n) is 3.09. The van der Waals surface area contributed by atoms with Gasteiger partial charge in [-0.2, -0.15) is 0 Å². The van der Waals surface area contributed by atoms with E-state index in [4.69, 9.17) is 10.5 Å². The first-order chi connectivity index (χ1) is 8.79. The van der Waals surface area contributed by atoms with E-state index < -0.39 is 0 Å². The first-order valence-corrected chi connectivity index (χ1v) is 6.30. The molecule has 0 spiro atoms. The summed E-state index contributed by atoms with van der Waals surface area (Å²) in [5.74, 6) is 0.358. The van der Waals surface area contributed by atoms with Crippen LogP contribution >= 0.6 is 12.4 Å². The van der Waals surface area contributed by atoms with E-state index in [0.29, 0.717) is 24.6 Å². The predicted octanol–water partition coefficient (Wildman–Crippen LogP) is 1.12. The van der Waals surface area contributed by atoms with Gasteiger partial charge in [0.05, 0.1) is 12.3 Å². The van der Waals surface area contributed by atoms with Crippen molar-refractivity contribution < 1.29 is 9.53 Å². The lowest BCUT2D eigenvalue weighted by Crippen LogP contribution is -2.33. The largest absolute Gasteiger partial charge is 0.381 e. The van der Waals surface area contributed by atoms with Crippen LogP contribution in [0.4, 0.5) is 0 Å². The number of ether oxygens (including phenoxy) is 1. The monoisotopic (exact) mass is 285 g/mol. The van der Waals surface area contributed by atoms with Crippen molar-refractivity contribution in [2.24, 2.45) is 11.7 Å². The number of hydrogen-bond donors (Lipinski definition) is 2. The molecule has 19 heavy (non-hydrogen) atoms. The van der Waals surface area contributed by atoms with Crippen LogP contribution < -0.4 is 11.1 Å². The molecule has 106 valence electrons. The molecule has 0 saturated carbocycles. The van der Waals surface area contributed by atoms with E-state index in [2.05, 4.69) is 10.3 Å². The maximum Gasteiger partial charge on any atom is 0.251 e. The Labute approximate surface area is 119 Å². The van der Waals surface area contributed by atoms with Crippen molar-refractivity contribution in [1.29, 1.82) is 0 Å². The molecule has 3 N–H and O–H groups in total. The van der Waals surface area contributed by atoms with Gasteiger partial charge >= 0.3 is 0 Å². The number of nitrogens with one attached hydrogen (secondary N) is 1. The van der Waals surface area contributed by atoms with Crippen LogP contribution in [0.1, 0.15) is 28.9 Å². The maximum atomic E-state index is 11.9. The Balaban J connectivity index is 0.00000180. The molecule has 6 heteroatoms. The van der Waals surface area contributed by atoms with Crippen molar-refractivity contribution >= 4 is 18.3 Å². The Morgan fingerprint density at radius 3 is 3.11 bits per heavy atom. The molecule has 1 amide bonds. The van der Waals surface area contributed by atoms with Crippen molar-refractivity contribution in [1.82, 2.24) is 10.3 Å². The van der Waals surface area contributed by atoms with Crippen LogP contribution in [0.2, 0.25) is 0 Å². The number of amides is 1. The number of nitrogens with two attached hydrogens (primary N) is 1. The van der Waals surface area contributed by atoms with Crippen LogP contribution in [-0.2, 0) is 11.3 Å². The van der Waals surface area contributed by atoms with Gasteiger partial charge in [0, 0.05) is 31.5 Å². The van der Waals surface area contributed by atoms with E-state index in [-0.39, 0.29) is 18.3 Å². The van der Waals surface area contributed by atoms with Gasteiger partial charge in [-0.25, -0.2) is 0 Å². The average Bonchev–Trinajstić information content (AvgIpc) is 2.46. The average molecular weight is 286 g/mol. The summed E-state index contributed by atoms with van der Waals surface area (Å²) in [7, 11) is 0. The third kappa shape index (κ3) is 4.78. The minimum Gasteiger partial charge on any atom is -0.381 e. The van der Waals surface area contributed by atoms with E-state index in [1.807, 2.05) is 0 Å². The number of rotatable bonds is 4. The van der Waals surface area contributed by atoms with Crippen LogP contribution in [0.3, 0.4) is 0 Å². The minimum absolute atomic E-state index is 0. The van der Waals surface area contributed by atoms with Crippen molar-refractivity contribution in [3.63, 3.8) is 0 Å². The molecule has 1 atom stereocenters. The third-order valence-corrected chi connectivity index (χ3v) is 3.09. The Morgan fingerprint density at radius 2 is 2.42 bits per heavy atom. The lowest BCUT2D eigenvalue weighted by molar-refractivity contribution is 0.0536. The molecule has 1 saturated heterocycles. The number of carbonyl (C=O) groups is 1. The Bertz CT molecular complexity index is 409. The van der Waals surface area contributed by atoms with Gasteiger partial charge in [-0.15, -0.1) is 12.4 Å². The van der Waals surface area contributed by atoms with Gasteiger partial charge in [0.15, 0.2) is 0 Å². The summed E-state index contributed by atoms with van der Waals surface area (Å²) in [4.78, 5) is 16.0. The van der Waals surface area contributed by atoms with Gasteiger partial charge in [-0.1, -0.05) is 0 Å². The zero-order chi connectivity index (χ0) is 12.8. The molecule has 0 aromatic carbocycles. The summed E-state index contributed by atoms with van der Waals surface area (Å²) in [5.41, 5.74) is 6.84. The summed E-state index contributed by atoms with van der Waals surface area (Å²) in [6.07, 6.45) is 3.80. The van der Waals surface area contributed by atoms with E-state index >= 15 is 0 Å². The van der Waals surface area contributed by atoms with Crippen LogP contribution in [0.25, 0.3) is 0 Å². The fourth-order valence-corrected chi connectivity index (χ4v) is 2.04. The van der Waals surface area contributed by atoms with Crippen molar-refractivity contribution in [2.75, 3.05) is 19.8 Å². The molecule has 1 aliphatic rings. The Morgan fingerprint density at radius 1 is 1.58 bits per heavy atom. The number of nitrogens with zero attached hydrogens (tertiary/aromatic N) is 1. The van der Waals surface area contributed by atoms with Gasteiger partial charge in [0.2, 0.25) is 0 Å². The number of carbonyl (C=O) groups excluding carboxylic acids is 1. The summed E-state index contributed by atoms with van der Waals surface area (Å²) < 4.78 is 5.38. The van der Waals surface area contributed by atoms with Gasteiger partial charge in [0.1, 0.15) is 0 Å². The van der Waals surface area contributed by atoms with Gasteiger partial charge in [0.25, 0.3) is 5.91 Å². The highest BCUT2D eigenvalue weighted by Gasteiger charge is 2.15. The van der Waals surface area contributed by atoms with Crippen LogP contribution in [0, 0.1) is 5.92 Å². The maximum absolute atomic E-state index is 11.9. The van der Waals surface area contributed by atoms with Gasteiger partial charge in [-0.3, -0.25) is 9.78 Å². The van der Waals surface area contributed by atoms with Gasteiger partial charge in [-0.05, 0) is 30.9 Å². The molecular weight excluding hydrogens is 266 g/mol. The summed E-state index contributed by atoms with van der Waals surface area (Å²) in [6.45, 7) is 2.59. The summed E-state index contributed by atoms with van der Waals surface area (Å²) >= 11 is 0. The number of halogens is 1. The van der Waals surface area contributed by atoms with Crippen LogP contribution in [-0.4, -0.2) is 30.6 Å². The Kier molecular flexibility index (Phi) is 6.77. The molecular formula is C13H20ClN3O2. The Hall–Kier alpha value is -1.17. The topological polar surface area (TPSA) is 77.2 Å². The van der Waals surface area contributed by atoms with E-state index in [1.165, 1.54) is 0 Å². The van der Waals surface area contributed by atoms with Gasteiger partial charge < -0.3 is 15.8 Å². The molecule has 0 bridgehead atoms. The molecule has 5 nitrogen and oxygen atoms in total. The highest BCUT2D eigenvalue weighted by molar-refractivity contribution is 5.94. The SMILES string of the molecule is Cl.NCc1cc(C(=O)NCC2CCCOC2)ccn1. The summed E-state index contributed by atoms with van der Waals surface area (Å²) in [6, 6.07) is 3.43. The summed E-state index contributed by atoms with van der Waals surface area (Å²) in [5, 5.41) is 2.93. The normalized spacial score (nSPS) is 18.5. The highest BCUT2D eigenvalue weighted by atomic mass is 35.5. The quantitative estimate of drug-likeness (QED) is 0.869. The second kappa shape index (κ2) is 8.09. The molecule has 0 radical (unpaired) electrons. The van der Waals surface area contributed by atoms with E-state index in [0.717, 1.165) is 31.7 Å². The molecule has 1 unspecified atom stereocenters. The first-order valence-electron chi connectivity index (χ1n) is 6.30. The zero-order valence-corrected chi connectivity index (χ0v) is 11.6. The molecule has 1 aromatic heterocycles. The van der Waals surface area contributed by atoms with E-state index in [9.17, 15) is 4.79 Å². The molecule has 1 aromatic rings. The fraction of sp³-hybridized carbons (Fsp3) is 0.538. The number of hydrogen-bond acceptors (Lipinski definition) is 4. The standard InChI is InChI=1S/C13H19N3O2.ClH/c14-7-12-6-11(3-4-15-12)13(17)16-8-10-2-1-5-18-9-10;/h3-4,6,10H,1-2,5,7-9,14H2,(H,16,17);1H. The fourth-order valence-electron chi connectivity index (χ4n) is 2.04. The lowest BCUT2D eigenvalue weighted by Gasteiger charge is -2.22.